The molecule has 1 rings (SSSR count). The predicted molar refractivity (Wildman–Crippen MR) is 48.7 cm³/mol. The van der Waals surface area contributed by atoms with Crippen molar-refractivity contribution >= 4 is 0 Å². The number of rotatable bonds is 4. The highest BCUT2D eigenvalue weighted by Crippen LogP contribution is 2.18. The van der Waals surface area contributed by atoms with E-state index in [0.29, 0.717) is 6.07 Å². The van der Waals surface area contributed by atoms with Crippen LogP contribution in [-0.4, -0.2) is 12.7 Å². The van der Waals surface area contributed by atoms with E-state index in [4.69, 9.17) is 0 Å². The Bertz CT molecular complexity index is 327. The van der Waals surface area contributed by atoms with E-state index < -0.39 is 24.2 Å². The van der Waals surface area contributed by atoms with Crippen LogP contribution >= 0.6 is 0 Å². The van der Waals surface area contributed by atoms with Crippen molar-refractivity contribution in [2.24, 2.45) is 0 Å². The summed E-state index contributed by atoms with van der Waals surface area (Å²) in [7, 11) is 0. The van der Waals surface area contributed by atoms with Crippen LogP contribution in [0.4, 0.5) is 22.0 Å². The monoisotopic (exact) mass is 239 g/mol. The lowest BCUT2D eigenvalue weighted by molar-refractivity contribution is -0.133. The Balaban J connectivity index is 2.37. The normalized spacial score (nSPS) is 11.8. The minimum Gasteiger partial charge on any atom is -0.312 e. The molecule has 6 heteroatoms. The van der Waals surface area contributed by atoms with E-state index in [0.717, 1.165) is 12.1 Å². The first-order valence-electron chi connectivity index (χ1n) is 4.59. The molecule has 16 heavy (non-hydrogen) atoms. The Labute approximate surface area is 89.3 Å². The van der Waals surface area contributed by atoms with E-state index in [1.165, 1.54) is 0 Å². The molecule has 0 radical (unpaired) electrons. The lowest BCUT2D eigenvalue weighted by atomic mass is 10.2. The molecule has 1 aromatic rings. The van der Waals surface area contributed by atoms with Gasteiger partial charge < -0.3 is 5.32 Å². The van der Waals surface area contributed by atoms with Crippen molar-refractivity contribution in [3.63, 3.8) is 0 Å². The molecular weight excluding hydrogens is 229 g/mol. The first-order chi connectivity index (χ1) is 7.37. The van der Waals surface area contributed by atoms with Gasteiger partial charge in [0.2, 0.25) is 0 Å². The van der Waals surface area contributed by atoms with Gasteiger partial charge in [-0.3, -0.25) is 0 Å². The van der Waals surface area contributed by atoms with Gasteiger partial charge in [0.1, 0.15) is 11.6 Å². The summed E-state index contributed by atoms with van der Waals surface area (Å²) in [5.74, 6) is -1.49. The summed E-state index contributed by atoms with van der Waals surface area (Å²) >= 11 is 0. The molecule has 0 saturated carbocycles. The van der Waals surface area contributed by atoms with Gasteiger partial charge in [-0.05, 0) is 17.7 Å². The van der Waals surface area contributed by atoms with Crippen molar-refractivity contribution in [2.45, 2.75) is 19.1 Å². The molecule has 0 aromatic heterocycles. The molecular formula is C10H10F5N. The van der Waals surface area contributed by atoms with Crippen LogP contribution in [0.15, 0.2) is 18.2 Å². The average molecular weight is 239 g/mol. The van der Waals surface area contributed by atoms with E-state index in [1.807, 2.05) is 0 Å². The van der Waals surface area contributed by atoms with Gasteiger partial charge in [-0.1, -0.05) is 0 Å². The largest absolute Gasteiger partial charge is 0.390 e. The fourth-order valence-corrected chi connectivity index (χ4v) is 1.18. The minimum atomic E-state index is -4.22. The number of halogens is 5. The van der Waals surface area contributed by atoms with Crippen molar-refractivity contribution in [1.29, 1.82) is 0 Å². The van der Waals surface area contributed by atoms with E-state index in [-0.39, 0.29) is 18.7 Å². The summed E-state index contributed by atoms with van der Waals surface area (Å²) in [6.07, 6.45) is -5.19. The Morgan fingerprint density at radius 2 is 1.56 bits per heavy atom. The summed E-state index contributed by atoms with van der Waals surface area (Å²) in [6, 6.07) is 2.85. The molecule has 0 fully saturated rings. The van der Waals surface area contributed by atoms with Crippen LogP contribution in [0.5, 0.6) is 0 Å². The fourth-order valence-electron chi connectivity index (χ4n) is 1.18. The lowest BCUT2D eigenvalue weighted by Gasteiger charge is -2.07. The van der Waals surface area contributed by atoms with Crippen LogP contribution < -0.4 is 5.32 Å². The van der Waals surface area contributed by atoms with Crippen LogP contribution in [0.2, 0.25) is 0 Å². The van der Waals surface area contributed by atoms with Gasteiger partial charge in [0.25, 0.3) is 0 Å². The van der Waals surface area contributed by atoms with Crippen LogP contribution in [0.1, 0.15) is 12.0 Å². The molecule has 0 aliphatic heterocycles. The topological polar surface area (TPSA) is 12.0 Å². The van der Waals surface area contributed by atoms with Gasteiger partial charge in [0, 0.05) is 19.2 Å². The standard InChI is InChI=1S/C10H10F5N/c11-8-3-7(4-9(12)5-8)6-16-2-1-10(13,14)15/h3-5,16H,1-2,6H2. The SMILES string of the molecule is Fc1cc(F)cc(CNCCC(F)(F)F)c1. The van der Waals surface area contributed by atoms with E-state index >= 15 is 0 Å². The van der Waals surface area contributed by atoms with E-state index in [2.05, 4.69) is 5.32 Å². The molecule has 90 valence electrons. The Hall–Kier alpha value is -1.17. The summed E-state index contributed by atoms with van der Waals surface area (Å²) < 4.78 is 60.6. The van der Waals surface area contributed by atoms with Crippen molar-refractivity contribution in [2.75, 3.05) is 6.54 Å². The summed E-state index contributed by atoms with van der Waals surface area (Å²) in [6.45, 7) is -0.271. The smallest absolute Gasteiger partial charge is 0.312 e. The highest BCUT2D eigenvalue weighted by atomic mass is 19.4. The number of benzene rings is 1. The molecule has 0 saturated heterocycles. The number of nitrogens with one attached hydrogen (secondary N) is 1. The second-order valence-electron chi connectivity index (χ2n) is 3.32. The summed E-state index contributed by atoms with van der Waals surface area (Å²) in [4.78, 5) is 0. The first kappa shape index (κ1) is 12.9. The van der Waals surface area contributed by atoms with Crippen LogP contribution in [0.25, 0.3) is 0 Å². The highest BCUT2D eigenvalue weighted by molar-refractivity contribution is 5.17. The molecule has 0 spiro atoms. The minimum absolute atomic E-state index is 0.00472. The summed E-state index contributed by atoms with van der Waals surface area (Å²) in [5.41, 5.74) is 0.277. The second kappa shape index (κ2) is 5.25. The maximum absolute atomic E-state index is 12.7. The molecule has 0 aliphatic rings. The molecule has 0 unspecified atom stereocenters. The molecule has 0 heterocycles. The molecule has 0 aliphatic carbocycles. The maximum Gasteiger partial charge on any atom is 0.390 e. The fraction of sp³-hybridized carbons (Fsp3) is 0.400. The highest BCUT2D eigenvalue weighted by Gasteiger charge is 2.25. The van der Waals surface area contributed by atoms with E-state index in [9.17, 15) is 22.0 Å². The van der Waals surface area contributed by atoms with Crippen molar-refractivity contribution in [3.8, 4) is 0 Å². The molecule has 1 N–H and O–H groups in total. The zero-order valence-electron chi connectivity index (χ0n) is 8.24. The third kappa shape index (κ3) is 5.06. The molecule has 1 nitrogen and oxygen atoms in total. The second-order valence-corrected chi connectivity index (χ2v) is 3.32. The molecule has 0 atom stereocenters. The zero-order chi connectivity index (χ0) is 12.2. The lowest BCUT2D eigenvalue weighted by Crippen LogP contribution is -2.21. The van der Waals surface area contributed by atoms with Crippen LogP contribution in [0, 0.1) is 11.6 Å². The van der Waals surface area contributed by atoms with Gasteiger partial charge in [0.05, 0.1) is 6.42 Å². The van der Waals surface area contributed by atoms with Gasteiger partial charge in [-0.15, -0.1) is 0 Å². The van der Waals surface area contributed by atoms with E-state index in [1.54, 1.807) is 0 Å². The number of hydrogen-bond donors (Lipinski definition) is 1. The van der Waals surface area contributed by atoms with Gasteiger partial charge in [0.15, 0.2) is 0 Å². The first-order valence-corrected chi connectivity index (χ1v) is 4.59. The Morgan fingerprint density at radius 3 is 2.06 bits per heavy atom. The van der Waals surface area contributed by atoms with Gasteiger partial charge >= 0.3 is 6.18 Å². The van der Waals surface area contributed by atoms with Crippen molar-refractivity contribution in [1.82, 2.24) is 5.32 Å². The predicted octanol–water partition coefficient (Wildman–Crippen LogP) is 3.01. The van der Waals surface area contributed by atoms with Crippen LogP contribution in [-0.2, 0) is 6.54 Å². The van der Waals surface area contributed by atoms with Gasteiger partial charge in [-0.2, -0.15) is 13.2 Å². The Morgan fingerprint density at radius 1 is 1.00 bits per heavy atom. The van der Waals surface area contributed by atoms with Crippen LogP contribution in [0.3, 0.4) is 0 Å². The van der Waals surface area contributed by atoms with Crippen molar-refractivity contribution < 1.29 is 22.0 Å². The third-order valence-corrected chi connectivity index (χ3v) is 1.84. The maximum atomic E-state index is 12.7. The number of alkyl halides is 3. The zero-order valence-corrected chi connectivity index (χ0v) is 8.24. The average Bonchev–Trinajstić information content (AvgIpc) is 2.09. The third-order valence-electron chi connectivity index (χ3n) is 1.84. The summed E-state index contributed by atoms with van der Waals surface area (Å²) in [5, 5.41) is 2.46. The number of hydrogen-bond acceptors (Lipinski definition) is 1. The Kier molecular flexibility index (Phi) is 4.23. The molecule has 1 aromatic carbocycles. The van der Waals surface area contributed by atoms with Crippen molar-refractivity contribution in [3.05, 3.63) is 35.4 Å². The molecule has 0 amide bonds. The molecule has 0 bridgehead atoms. The quantitative estimate of drug-likeness (QED) is 0.629. The van der Waals surface area contributed by atoms with Gasteiger partial charge in [-0.25, -0.2) is 8.78 Å².